The Bertz CT molecular complexity index is 519. The predicted molar refractivity (Wildman–Crippen MR) is 75.7 cm³/mol. The Morgan fingerprint density at radius 2 is 2.15 bits per heavy atom. The summed E-state index contributed by atoms with van der Waals surface area (Å²) >= 11 is 3.11. The zero-order valence-electron chi connectivity index (χ0n) is 11.3. The summed E-state index contributed by atoms with van der Waals surface area (Å²) in [4.78, 5) is 23.9. The molecule has 7 heteroatoms. The summed E-state index contributed by atoms with van der Waals surface area (Å²) in [5.41, 5.74) is 0. The number of nitrogens with zero attached hydrogens (tertiary/aromatic N) is 1. The summed E-state index contributed by atoms with van der Waals surface area (Å²) < 4.78 is 5.57. The minimum absolute atomic E-state index is 0.0877. The molecule has 0 unspecified atom stereocenters. The fourth-order valence-electron chi connectivity index (χ4n) is 1.62. The summed E-state index contributed by atoms with van der Waals surface area (Å²) in [6.07, 6.45) is 0.477. The van der Waals surface area contributed by atoms with Crippen LogP contribution in [0.4, 0.5) is 0 Å². The minimum Gasteiger partial charge on any atom is -0.444 e. The molecule has 0 saturated carbocycles. The normalized spacial score (nSPS) is 11.8. The van der Waals surface area contributed by atoms with E-state index in [0.717, 1.165) is 0 Å². The summed E-state index contributed by atoms with van der Waals surface area (Å²) in [6, 6.07) is 4.24. The molecule has 1 aromatic heterocycles. The van der Waals surface area contributed by atoms with Crippen LogP contribution in [0.25, 0.3) is 0 Å². The van der Waals surface area contributed by atoms with E-state index < -0.39 is 11.9 Å². The Hall–Kier alpha value is -1.81. The fourth-order valence-corrected chi connectivity index (χ4v) is 1.93. The van der Waals surface area contributed by atoms with Gasteiger partial charge in [0, 0.05) is 0 Å². The van der Waals surface area contributed by atoms with Gasteiger partial charge in [0.15, 0.2) is 10.4 Å². The first-order chi connectivity index (χ1) is 9.43. The molecule has 0 spiro atoms. The lowest BCUT2D eigenvalue weighted by Crippen LogP contribution is -2.47. The molecule has 6 nitrogen and oxygen atoms in total. The van der Waals surface area contributed by atoms with E-state index in [1.165, 1.54) is 6.07 Å². The minimum atomic E-state index is -0.695. The van der Waals surface area contributed by atoms with Crippen molar-refractivity contribution in [2.45, 2.75) is 26.3 Å². The lowest BCUT2D eigenvalue weighted by molar-refractivity contribution is -0.123. The topological polar surface area (TPSA) is 95.1 Å². The fraction of sp³-hybridized carbons (Fsp3) is 0.462. The molecule has 2 N–H and O–H groups in total. The van der Waals surface area contributed by atoms with E-state index in [9.17, 15) is 9.59 Å². The molecule has 0 bridgehead atoms. The highest BCUT2D eigenvalue weighted by atomic mass is 79.9. The first kappa shape index (κ1) is 16.2. The largest absolute Gasteiger partial charge is 0.444 e. The molecular formula is C13H16BrN3O3. The van der Waals surface area contributed by atoms with E-state index in [4.69, 9.17) is 9.68 Å². The molecule has 108 valence electrons. The maximum atomic E-state index is 12.0. The van der Waals surface area contributed by atoms with Crippen LogP contribution < -0.4 is 10.6 Å². The van der Waals surface area contributed by atoms with Gasteiger partial charge in [-0.3, -0.25) is 9.59 Å². The number of nitriles is 1. The van der Waals surface area contributed by atoms with Gasteiger partial charge in [0.05, 0.1) is 6.07 Å². The number of carbonyl (C=O) groups excluding carboxylic acids is 2. The van der Waals surface area contributed by atoms with Gasteiger partial charge >= 0.3 is 0 Å². The lowest BCUT2D eigenvalue weighted by atomic mass is 10.0. The molecule has 1 heterocycles. The molecule has 1 rings (SSSR count). The Morgan fingerprint density at radius 1 is 1.45 bits per heavy atom. The molecule has 0 aliphatic carbocycles. The maximum Gasteiger partial charge on any atom is 0.287 e. The second-order valence-corrected chi connectivity index (χ2v) is 5.42. The highest BCUT2D eigenvalue weighted by Gasteiger charge is 2.23. The number of rotatable bonds is 6. The zero-order chi connectivity index (χ0) is 15.1. The molecule has 0 saturated heterocycles. The monoisotopic (exact) mass is 341 g/mol. The van der Waals surface area contributed by atoms with Crippen LogP contribution in [0.1, 0.15) is 30.8 Å². The lowest BCUT2D eigenvalue weighted by Gasteiger charge is -2.18. The Labute approximate surface area is 125 Å². The number of furan rings is 1. The quantitative estimate of drug-likeness (QED) is 0.771. The average molecular weight is 342 g/mol. The molecule has 0 radical (unpaired) electrons. The van der Waals surface area contributed by atoms with Crippen LogP contribution in [-0.4, -0.2) is 24.4 Å². The van der Waals surface area contributed by atoms with E-state index in [1.807, 2.05) is 19.9 Å². The SMILES string of the molecule is CC(C)C[C@H](NC(=O)c1ccc(Br)o1)C(=O)NCC#N. The van der Waals surface area contributed by atoms with Crippen molar-refractivity contribution < 1.29 is 14.0 Å². The van der Waals surface area contributed by atoms with Gasteiger partial charge < -0.3 is 15.1 Å². The molecule has 0 aliphatic rings. The zero-order valence-corrected chi connectivity index (χ0v) is 12.9. The first-order valence-corrected chi connectivity index (χ1v) is 6.94. The van der Waals surface area contributed by atoms with E-state index in [0.29, 0.717) is 11.1 Å². The van der Waals surface area contributed by atoms with Gasteiger partial charge in [-0.05, 0) is 40.4 Å². The second-order valence-electron chi connectivity index (χ2n) is 4.64. The summed E-state index contributed by atoms with van der Waals surface area (Å²) in [5.74, 6) is -0.497. The van der Waals surface area contributed by atoms with Crippen molar-refractivity contribution in [2.24, 2.45) is 5.92 Å². The second kappa shape index (κ2) is 7.70. The molecule has 2 amide bonds. The van der Waals surface area contributed by atoms with Crippen LogP contribution in [0.15, 0.2) is 21.2 Å². The third-order valence-corrected chi connectivity index (χ3v) is 2.89. The summed E-state index contributed by atoms with van der Waals surface area (Å²) in [6.45, 7) is 3.80. The van der Waals surface area contributed by atoms with Crippen LogP contribution in [0.3, 0.4) is 0 Å². The first-order valence-electron chi connectivity index (χ1n) is 6.15. The van der Waals surface area contributed by atoms with Crippen molar-refractivity contribution in [2.75, 3.05) is 6.54 Å². The van der Waals surface area contributed by atoms with Gasteiger partial charge in [-0.1, -0.05) is 13.8 Å². The van der Waals surface area contributed by atoms with Crippen molar-refractivity contribution in [3.8, 4) is 6.07 Å². The van der Waals surface area contributed by atoms with Crippen LogP contribution >= 0.6 is 15.9 Å². The smallest absolute Gasteiger partial charge is 0.287 e. The van der Waals surface area contributed by atoms with E-state index >= 15 is 0 Å². The van der Waals surface area contributed by atoms with Gasteiger partial charge in [0.2, 0.25) is 5.91 Å². The van der Waals surface area contributed by atoms with E-state index in [-0.39, 0.29) is 24.1 Å². The standard InChI is InChI=1S/C13H16BrN3O3/c1-8(2)7-9(12(18)16-6-5-15)17-13(19)10-3-4-11(14)20-10/h3-4,8-9H,6-7H2,1-2H3,(H,16,18)(H,17,19)/t9-/m0/s1. The van der Waals surface area contributed by atoms with Gasteiger partial charge in [-0.2, -0.15) is 5.26 Å². The van der Waals surface area contributed by atoms with Gasteiger partial charge in [0.25, 0.3) is 5.91 Å². The van der Waals surface area contributed by atoms with Crippen LogP contribution in [0, 0.1) is 17.2 Å². The molecule has 20 heavy (non-hydrogen) atoms. The third-order valence-electron chi connectivity index (χ3n) is 2.47. The Morgan fingerprint density at radius 3 is 2.65 bits per heavy atom. The Balaban J connectivity index is 2.71. The summed E-state index contributed by atoms with van der Waals surface area (Å²) in [5, 5.41) is 13.5. The molecule has 1 atom stereocenters. The highest BCUT2D eigenvalue weighted by Crippen LogP contribution is 2.14. The number of carbonyl (C=O) groups is 2. The van der Waals surface area contributed by atoms with Crippen molar-refractivity contribution in [1.29, 1.82) is 5.26 Å². The molecular weight excluding hydrogens is 326 g/mol. The van der Waals surface area contributed by atoms with E-state index in [2.05, 4.69) is 26.6 Å². The number of nitrogens with one attached hydrogen (secondary N) is 2. The molecule has 0 aliphatic heterocycles. The number of halogens is 1. The van der Waals surface area contributed by atoms with Crippen LogP contribution in [0.5, 0.6) is 0 Å². The van der Waals surface area contributed by atoms with Crippen molar-refractivity contribution in [3.63, 3.8) is 0 Å². The van der Waals surface area contributed by atoms with Crippen molar-refractivity contribution in [1.82, 2.24) is 10.6 Å². The van der Waals surface area contributed by atoms with Crippen LogP contribution in [0.2, 0.25) is 0 Å². The Kier molecular flexibility index (Phi) is 6.25. The van der Waals surface area contributed by atoms with Crippen molar-refractivity contribution >= 4 is 27.7 Å². The number of hydrogen-bond acceptors (Lipinski definition) is 4. The van der Waals surface area contributed by atoms with Gasteiger partial charge in [0.1, 0.15) is 12.6 Å². The van der Waals surface area contributed by atoms with Gasteiger partial charge in [-0.15, -0.1) is 0 Å². The van der Waals surface area contributed by atoms with Gasteiger partial charge in [-0.25, -0.2) is 0 Å². The number of hydrogen-bond donors (Lipinski definition) is 2. The summed E-state index contributed by atoms with van der Waals surface area (Å²) in [7, 11) is 0. The van der Waals surface area contributed by atoms with E-state index in [1.54, 1.807) is 6.07 Å². The van der Waals surface area contributed by atoms with Crippen molar-refractivity contribution in [3.05, 3.63) is 22.6 Å². The molecule has 0 aromatic carbocycles. The maximum absolute atomic E-state index is 12.0. The van der Waals surface area contributed by atoms with Crippen LogP contribution in [-0.2, 0) is 4.79 Å². The average Bonchev–Trinajstić information content (AvgIpc) is 2.81. The number of amides is 2. The third kappa shape index (κ3) is 5.05. The highest BCUT2D eigenvalue weighted by molar-refractivity contribution is 9.10. The molecule has 0 fully saturated rings. The predicted octanol–water partition coefficient (Wildman–Crippen LogP) is 1.83. The molecule has 1 aromatic rings.